The highest BCUT2D eigenvalue weighted by Crippen LogP contribution is 2.28. The molecule has 1 unspecified atom stereocenters. The van der Waals surface area contributed by atoms with Gasteiger partial charge < -0.3 is 9.42 Å². The SMILES string of the molecule is CCCc1noc(C2CC(=O)N(Cc3cccc(Cl)c3)C2)n1. The van der Waals surface area contributed by atoms with Gasteiger partial charge in [-0.1, -0.05) is 35.8 Å². The van der Waals surface area contributed by atoms with Crippen molar-refractivity contribution < 1.29 is 9.32 Å². The molecule has 0 radical (unpaired) electrons. The highest BCUT2D eigenvalue weighted by molar-refractivity contribution is 6.30. The van der Waals surface area contributed by atoms with Gasteiger partial charge in [0.05, 0.1) is 5.92 Å². The Morgan fingerprint density at radius 3 is 3.09 bits per heavy atom. The van der Waals surface area contributed by atoms with Gasteiger partial charge in [-0.2, -0.15) is 4.98 Å². The summed E-state index contributed by atoms with van der Waals surface area (Å²) in [5, 5.41) is 4.65. The van der Waals surface area contributed by atoms with Crippen LogP contribution in [-0.2, 0) is 17.8 Å². The van der Waals surface area contributed by atoms with Crippen molar-refractivity contribution in [2.24, 2.45) is 0 Å². The van der Waals surface area contributed by atoms with Gasteiger partial charge in [0.25, 0.3) is 0 Å². The molecule has 1 aliphatic heterocycles. The fraction of sp³-hybridized carbons (Fsp3) is 0.438. The third-order valence-corrected chi connectivity index (χ3v) is 4.02. The molecular weight excluding hydrogens is 302 g/mol. The van der Waals surface area contributed by atoms with Gasteiger partial charge >= 0.3 is 0 Å². The number of hydrogen-bond acceptors (Lipinski definition) is 4. The zero-order valence-electron chi connectivity index (χ0n) is 12.5. The van der Waals surface area contributed by atoms with Crippen LogP contribution in [0.25, 0.3) is 0 Å². The zero-order chi connectivity index (χ0) is 15.5. The van der Waals surface area contributed by atoms with Crippen molar-refractivity contribution in [3.05, 3.63) is 46.6 Å². The second-order valence-corrected chi connectivity index (χ2v) is 6.04. The molecule has 0 spiro atoms. The van der Waals surface area contributed by atoms with Crippen LogP contribution in [0, 0.1) is 0 Å². The number of likely N-dealkylation sites (tertiary alicyclic amines) is 1. The lowest BCUT2D eigenvalue weighted by Crippen LogP contribution is -2.24. The van der Waals surface area contributed by atoms with Gasteiger partial charge in [0, 0.05) is 31.0 Å². The van der Waals surface area contributed by atoms with E-state index >= 15 is 0 Å². The van der Waals surface area contributed by atoms with Crippen LogP contribution >= 0.6 is 11.6 Å². The quantitative estimate of drug-likeness (QED) is 0.849. The molecule has 1 fully saturated rings. The molecule has 1 aromatic heterocycles. The van der Waals surface area contributed by atoms with E-state index in [9.17, 15) is 4.79 Å². The highest BCUT2D eigenvalue weighted by atomic mass is 35.5. The fourth-order valence-electron chi connectivity index (χ4n) is 2.70. The lowest BCUT2D eigenvalue weighted by molar-refractivity contribution is -0.128. The Kier molecular flexibility index (Phi) is 4.43. The predicted molar refractivity (Wildman–Crippen MR) is 82.5 cm³/mol. The largest absolute Gasteiger partial charge is 0.339 e. The smallest absolute Gasteiger partial charge is 0.232 e. The molecule has 0 aliphatic carbocycles. The average molecular weight is 320 g/mol. The van der Waals surface area contributed by atoms with Crippen LogP contribution in [0.5, 0.6) is 0 Å². The molecule has 1 atom stereocenters. The summed E-state index contributed by atoms with van der Waals surface area (Å²) >= 11 is 5.99. The monoisotopic (exact) mass is 319 g/mol. The maximum atomic E-state index is 12.2. The van der Waals surface area contributed by atoms with E-state index in [0.717, 1.165) is 24.2 Å². The molecule has 116 valence electrons. The number of hydrogen-bond donors (Lipinski definition) is 0. The first-order valence-corrected chi connectivity index (χ1v) is 7.88. The van der Waals surface area contributed by atoms with Gasteiger partial charge in [0.2, 0.25) is 11.8 Å². The van der Waals surface area contributed by atoms with E-state index in [2.05, 4.69) is 17.1 Å². The Balaban J connectivity index is 1.67. The summed E-state index contributed by atoms with van der Waals surface area (Å²) in [7, 11) is 0. The minimum atomic E-state index is -0.00945. The van der Waals surface area contributed by atoms with Crippen LogP contribution < -0.4 is 0 Å². The first kappa shape index (κ1) is 15.0. The van der Waals surface area contributed by atoms with Crippen LogP contribution in [0.4, 0.5) is 0 Å². The molecule has 1 amide bonds. The van der Waals surface area contributed by atoms with E-state index in [1.54, 1.807) is 0 Å². The molecule has 2 aromatic rings. The number of aromatic nitrogens is 2. The molecule has 5 nitrogen and oxygen atoms in total. The molecule has 0 N–H and O–H groups in total. The molecule has 2 heterocycles. The molecule has 0 saturated carbocycles. The molecule has 0 bridgehead atoms. The number of benzene rings is 1. The van der Waals surface area contributed by atoms with Crippen molar-refractivity contribution in [1.82, 2.24) is 15.0 Å². The zero-order valence-corrected chi connectivity index (χ0v) is 13.2. The second-order valence-electron chi connectivity index (χ2n) is 5.60. The van der Waals surface area contributed by atoms with Gasteiger partial charge in [-0.05, 0) is 24.1 Å². The van der Waals surface area contributed by atoms with Crippen LogP contribution in [0.3, 0.4) is 0 Å². The van der Waals surface area contributed by atoms with Gasteiger partial charge in [0.15, 0.2) is 5.82 Å². The van der Waals surface area contributed by atoms with E-state index in [1.807, 2.05) is 29.2 Å². The van der Waals surface area contributed by atoms with E-state index in [4.69, 9.17) is 16.1 Å². The van der Waals surface area contributed by atoms with Crippen molar-refractivity contribution in [1.29, 1.82) is 0 Å². The fourth-order valence-corrected chi connectivity index (χ4v) is 2.92. The maximum absolute atomic E-state index is 12.2. The normalized spacial score (nSPS) is 18.2. The van der Waals surface area contributed by atoms with E-state index in [-0.39, 0.29) is 11.8 Å². The first-order chi connectivity index (χ1) is 10.7. The van der Waals surface area contributed by atoms with Crippen molar-refractivity contribution in [3.8, 4) is 0 Å². The maximum Gasteiger partial charge on any atom is 0.232 e. The first-order valence-electron chi connectivity index (χ1n) is 7.50. The highest BCUT2D eigenvalue weighted by Gasteiger charge is 2.34. The standard InChI is InChI=1S/C16H18ClN3O2/c1-2-4-14-18-16(22-19-14)12-8-15(21)20(10-12)9-11-5-3-6-13(17)7-11/h3,5-7,12H,2,4,8-10H2,1H3. The molecule has 1 saturated heterocycles. The molecule has 6 heteroatoms. The topological polar surface area (TPSA) is 59.2 Å². The van der Waals surface area contributed by atoms with Crippen molar-refractivity contribution in [3.63, 3.8) is 0 Å². The Labute approximate surface area is 134 Å². The average Bonchev–Trinajstić information content (AvgIpc) is 3.07. The molecule has 1 aliphatic rings. The van der Waals surface area contributed by atoms with Crippen molar-refractivity contribution >= 4 is 17.5 Å². The van der Waals surface area contributed by atoms with E-state index in [0.29, 0.717) is 30.4 Å². The Bertz CT molecular complexity index is 671. The number of halogens is 1. The van der Waals surface area contributed by atoms with E-state index < -0.39 is 0 Å². The number of rotatable bonds is 5. The second kappa shape index (κ2) is 6.48. The third kappa shape index (κ3) is 3.30. The predicted octanol–water partition coefficient (Wildman–Crippen LogP) is 3.19. The van der Waals surface area contributed by atoms with Crippen LogP contribution in [0.15, 0.2) is 28.8 Å². The van der Waals surface area contributed by atoms with E-state index in [1.165, 1.54) is 0 Å². The Morgan fingerprint density at radius 2 is 2.32 bits per heavy atom. The summed E-state index contributed by atoms with van der Waals surface area (Å²) in [6.07, 6.45) is 2.20. The third-order valence-electron chi connectivity index (χ3n) is 3.78. The summed E-state index contributed by atoms with van der Waals surface area (Å²) < 4.78 is 5.31. The minimum absolute atomic E-state index is 0.00945. The summed E-state index contributed by atoms with van der Waals surface area (Å²) in [5.74, 6) is 1.40. The van der Waals surface area contributed by atoms with Crippen molar-refractivity contribution in [2.75, 3.05) is 6.54 Å². The van der Waals surface area contributed by atoms with Crippen LogP contribution in [0.2, 0.25) is 5.02 Å². The summed E-state index contributed by atoms with van der Waals surface area (Å²) in [4.78, 5) is 18.4. The van der Waals surface area contributed by atoms with Gasteiger partial charge in [-0.3, -0.25) is 4.79 Å². The summed E-state index contributed by atoms with van der Waals surface area (Å²) in [5.41, 5.74) is 1.03. The number of nitrogens with zero attached hydrogens (tertiary/aromatic N) is 3. The number of carbonyl (C=O) groups is 1. The van der Waals surface area contributed by atoms with Crippen LogP contribution in [0.1, 0.15) is 43.0 Å². The number of carbonyl (C=O) groups excluding carboxylic acids is 1. The van der Waals surface area contributed by atoms with Gasteiger partial charge in [-0.25, -0.2) is 0 Å². The lowest BCUT2D eigenvalue weighted by atomic mass is 10.1. The molecule has 1 aromatic carbocycles. The summed E-state index contributed by atoms with van der Waals surface area (Å²) in [6.45, 7) is 3.24. The summed E-state index contributed by atoms with van der Waals surface area (Å²) in [6, 6.07) is 7.57. The van der Waals surface area contributed by atoms with Crippen LogP contribution in [-0.4, -0.2) is 27.5 Å². The molecule has 22 heavy (non-hydrogen) atoms. The minimum Gasteiger partial charge on any atom is -0.339 e. The lowest BCUT2D eigenvalue weighted by Gasteiger charge is -2.16. The number of amides is 1. The van der Waals surface area contributed by atoms with Crippen molar-refractivity contribution in [2.45, 2.75) is 38.6 Å². The van der Waals surface area contributed by atoms with Gasteiger partial charge in [0.1, 0.15) is 0 Å². The Hall–Kier alpha value is -1.88. The molecule has 3 rings (SSSR count). The van der Waals surface area contributed by atoms with Gasteiger partial charge in [-0.15, -0.1) is 0 Å². The Morgan fingerprint density at radius 1 is 1.45 bits per heavy atom. The number of aryl methyl sites for hydroxylation is 1. The molecular formula is C16H18ClN3O2.